The second-order valence-electron chi connectivity index (χ2n) is 6.15. The number of carbonyl (C=O) groups excluding carboxylic acids is 2. The van der Waals surface area contributed by atoms with E-state index in [9.17, 15) is 14.0 Å². The van der Waals surface area contributed by atoms with E-state index in [1.165, 1.54) is 12.1 Å². The third kappa shape index (κ3) is 4.56. The van der Waals surface area contributed by atoms with Crippen molar-refractivity contribution in [3.8, 4) is 0 Å². The average Bonchev–Trinajstić information content (AvgIpc) is 3.43. The van der Waals surface area contributed by atoms with Crippen molar-refractivity contribution in [1.82, 2.24) is 0 Å². The molecule has 6 heteroatoms. The van der Waals surface area contributed by atoms with Crippen molar-refractivity contribution < 1.29 is 14.0 Å². The molecule has 0 atom stereocenters. The zero-order chi connectivity index (χ0) is 17.8. The number of halogens is 1. The Labute approximate surface area is 145 Å². The van der Waals surface area contributed by atoms with Crippen LogP contribution in [0.3, 0.4) is 0 Å². The first-order valence-electron chi connectivity index (χ1n) is 8.22. The molecule has 0 spiro atoms. The summed E-state index contributed by atoms with van der Waals surface area (Å²) in [6, 6.07) is 11.2. The van der Waals surface area contributed by atoms with Gasteiger partial charge in [0.2, 0.25) is 11.8 Å². The van der Waals surface area contributed by atoms with E-state index in [0.717, 1.165) is 18.4 Å². The lowest BCUT2D eigenvalue weighted by Gasteiger charge is -2.14. The summed E-state index contributed by atoms with van der Waals surface area (Å²) < 4.78 is 12.9. The first-order valence-corrected chi connectivity index (χ1v) is 8.22. The molecule has 1 saturated carbocycles. The first-order chi connectivity index (χ1) is 12.0. The van der Waals surface area contributed by atoms with E-state index in [4.69, 9.17) is 0 Å². The summed E-state index contributed by atoms with van der Waals surface area (Å²) in [5, 5.41) is 8.66. The largest absolute Gasteiger partial charge is 0.376 e. The van der Waals surface area contributed by atoms with Crippen LogP contribution in [0.5, 0.6) is 0 Å². The van der Waals surface area contributed by atoms with Crippen molar-refractivity contribution in [2.24, 2.45) is 5.92 Å². The molecule has 0 unspecified atom stereocenters. The molecule has 0 heterocycles. The monoisotopic (exact) mass is 341 g/mol. The zero-order valence-electron chi connectivity index (χ0n) is 13.9. The highest BCUT2D eigenvalue weighted by molar-refractivity contribution is 5.98. The number of nitrogens with one attached hydrogen (secondary N) is 3. The number of hydrogen-bond acceptors (Lipinski definition) is 3. The van der Waals surface area contributed by atoms with Crippen molar-refractivity contribution >= 4 is 28.9 Å². The molecule has 130 valence electrons. The van der Waals surface area contributed by atoms with E-state index >= 15 is 0 Å². The molecule has 0 aromatic heterocycles. The minimum atomic E-state index is -0.323. The van der Waals surface area contributed by atoms with Crippen LogP contribution in [0.4, 0.5) is 21.5 Å². The van der Waals surface area contributed by atoms with Crippen LogP contribution >= 0.6 is 0 Å². The van der Waals surface area contributed by atoms with Crippen molar-refractivity contribution in [2.45, 2.75) is 19.8 Å². The van der Waals surface area contributed by atoms with Crippen LogP contribution in [0.25, 0.3) is 0 Å². The molecule has 1 aliphatic carbocycles. The standard InChI is InChI=1S/C19H20FN3O2/c1-12-16(3-2-4-17(12)23-19(25)13-5-6-13)22-18(24)11-21-15-9-7-14(20)8-10-15/h2-4,7-10,13,21H,5-6,11H2,1H3,(H,22,24)(H,23,25). The van der Waals surface area contributed by atoms with Gasteiger partial charge in [0.25, 0.3) is 0 Å². The quantitative estimate of drug-likeness (QED) is 0.753. The van der Waals surface area contributed by atoms with Gasteiger partial charge >= 0.3 is 0 Å². The van der Waals surface area contributed by atoms with Gasteiger partial charge in [0.05, 0.1) is 6.54 Å². The van der Waals surface area contributed by atoms with Crippen LogP contribution in [0.15, 0.2) is 42.5 Å². The fourth-order valence-corrected chi connectivity index (χ4v) is 2.43. The topological polar surface area (TPSA) is 70.2 Å². The van der Waals surface area contributed by atoms with Crippen LogP contribution in [0.1, 0.15) is 18.4 Å². The van der Waals surface area contributed by atoms with Gasteiger partial charge in [-0.1, -0.05) is 6.07 Å². The minimum absolute atomic E-state index is 0.0320. The van der Waals surface area contributed by atoms with Gasteiger partial charge in [-0.15, -0.1) is 0 Å². The van der Waals surface area contributed by atoms with Crippen molar-refractivity contribution in [2.75, 3.05) is 22.5 Å². The molecule has 3 rings (SSSR count). The van der Waals surface area contributed by atoms with Gasteiger partial charge in [-0.3, -0.25) is 9.59 Å². The number of anilines is 3. The van der Waals surface area contributed by atoms with E-state index in [-0.39, 0.29) is 30.1 Å². The minimum Gasteiger partial charge on any atom is -0.376 e. The fourth-order valence-electron chi connectivity index (χ4n) is 2.43. The predicted molar refractivity (Wildman–Crippen MR) is 96.1 cm³/mol. The predicted octanol–water partition coefficient (Wildman–Crippen LogP) is 3.53. The Balaban J connectivity index is 1.58. The number of rotatable bonds is 6. The third-order valence-electron chi connectivity index (χ3n) is 4.11. The summed E-state index contributed by atoms with van der Waals surface area (Å²) in [6.45, 7) is 1.91. The number of hydrogen-bond donors (Lipinski definition) is 3. The van der Waals surface area contributed by atoms with E-state index in [1.54, 1.807) is 24.3 Å². The zero-order valence-corrected chi connectivity index (χ0v) is 13.9. The molecule has 1 aliphatic rings. The van der Waals surface area contributed by atoms with Gasteiger partial charge in [0.1, 0.15) is 5.82 Å². The van der Waals surface area contributed by atoms with E-state index in [1.807, 2.05) is 13.0 Å². The fraction of sp³-hybridized carbons (Fsp3) is 0.263. The number of benzene rings is 2. The third-order valence-corrected chi connectivity index (χ3v) is 4.11. The SMILES string of the molecule is Cc1c(NC(=O)CNc2ccc(F)cc2)cccc1NC(=O)C1CC1. The summed E-state index contributed by atoms with van der Waals surface area (Å²) in [5.74, 6) is -0.393. The molecule has 0 radical (unpaired) electrons. The summed E-state index contributed by atoms with van der Waals surface area (Å²) in [7, 11) is 0. The maximum atomic E-state index is 12.9. The van der Waals surface area contributed by atoms with Crippen LogP contribution in [0, 0.1) is 18.7 Å². The maximum Gasteiger partial charge on any atom is 0.243 e. The maximum absolute atomic E-state index is 12.9. The highest BCUT2D eigenvalue weighted by Gasteiger charge is 2.29. The smallest absolute Gasteiger partial charge is 0.243 e. The summed E-state index contributed by atoms with van der Waals surface area (Å²) >= 11 is 0. The van der Waals surface area contributed by atoms with Crippen LogP contribution < -0.4 is 16.0 Å². The molecule has 5 nitrogen and oxygen atoms in total. The van der Waals surface area contributed by atoms with Crippen LogP contribution in [-0.2, 0) is 9.59 Å². The van der Waals surface area contributed by atoms with Gasteiger partial charge < -0.3 is 16.0 Å². The van der Waals surface area contributed by atoms with E-state index in [0.29, 0.717) is 17.1 Å². The Kier molecular flexibility index (Phi) is 4.97. The summed E-state index contributed by atoms with van der Waals surface area (Å²) in [4.78, 5) is 24.0. The molecule has 1 fully saturated rings. The number of amides is 2. The molecular weight excluding hydrogens is 321 g/mol. The van der Waals surface area contributed by atoms with E-state index < -0.39 is 0 Å². The molecule has 0 bridgehead atoms. The van der Waals surface area contributed by atoms with Gasteiger partial charge in [0.15, 0.2) is 0 Å². The second kappa shape index (κ2) is 7.34. The van der Waals surface area contributed by atoms with Crippen molar-refractivity contribution in [3.05, 3.63) is 53.8 Å². The van der Waals surface area contributed by atoms with Gasteiger partial charge in [-0.2, -0.15) is 0 Å². The van der Waals surface area contributed by atoms with Gasteiger partial charge in [0, 0.05) is 23.0 Å². The highest BCUT2D eigenvalue weighted by atomic mass is 19.1. The Morgan fingerprint density at radius 3 is 2.32 bits per heavy atom. The molecule has 2 aromatic carbocycles. The highest BCUT2D eigenvalue weighted by Crippen LogP contribution is 2.31. The molecule has 2 amide bonds. The van der Waals surface area contributed by atoms with Crippen molar-refractivity contribution in [1.29, 1.82) is 0 Å². The average molecular weight is 341 g/mol. The Morgan fingerprint density at radius 1 is 1.04 bits per heavy atom. The van der Waals surface area contributed by atoms with Gasteiger partial charge in [-0.25, -0.2) is 4.39 Å². The lowest BCUT2D eigenvalue weighted by Crippen LogP contribution is -2.22. The molecule has 3 N–H and O–H groups in total. The van der Waals surface area contributed by atoms with Crippen LogP contribution in [-0.4, -0.2) is 18.4 Å². The lowest BCUT2D eigenvalue weighted by molar-refractivity contribution is -0.117. The molecule has 25 heavy (non-hydrogen) atoms. The van der Waals surface area contributed by atoms with Gasteiger partial charge in [-0.05, 0) is 61.7 Å². The number of carbonyl (C=O) groups is 2. The Hall–Kier alpha value is -2.89. The molecule has 2 aromatic rings. The Bertz CT molecular complexity index is 786. The second-order valence-corrected chi connectivity index (χ2v) is 6.15. The first kappa shape index (κ1) is 17.0. The van der Waals surface area contributed by atoms with Crippen molar-refractivity contribution in [3.63, 3.8) is 0 Å². The normalized spacial score (nSPS) is 13.2. The van der Waals surface area contributed by atoms with E-state index in [2.05, 4.69) is 16.0 Å². The summed E-state index contributed by atoms with van der Waals surface area (Å²) in [6.07, 6.45) is 1.88. The Morgan fingerprint density at radius 2 is 1.68 bits per heavy atom. The molecule has 0 saturated heterocycles. The lowest BCUT2D eigenvalue weighted by atomic mass is 10.1. The van der Waals surface area contributed by atoms with Crippen LogP contribution in [0.2, 0.25) is 0 Å². The molecular formula is C19H20FN3O2. The summed E-state index contributed by atoms with van der Waals surface area (Å²) in [5.41, 5.74) is 2.84. The molecule has 0 aliphatic heterocycles.